The number of nitro groups is 1. The Morgan fingerprint density at radius 3 is 2.28 bits per heavy atom. The lowest BCUT2D eigenvalue weighted by Gasteiger charge is -2.60. The van der Waals surface area contributed by atoms with Crippen molar-refractivity contribution in [3.05, 3.63) is 172 Å². The van der Waals surface area contributed by atoms with Crippen molar-refractivity contribution in [3.63, 3.8) is 0 Å². The maximum Gasteiger partial charge on any atom is 0.412 e. The molecule has 0 bridgehead atoms. The minimum absolute atomic E-state index is 0.0268. The van der Waals surface area contributed by atoms with Gasteiger partial charge in [0, 0.05) is 62.8 Å². The molecule has 5 aromatic rings. The number of benzene rings is 5. The second-order valence-corrected chi connectivity index (χ2v) is 21.4. The van der Waals surface area contributed by atoms with Gasteiger partial charge in [-0.25, -0.2) is 4.79 Å². The molecule has 6 atom stereocenters. The number of aliphatic hydroxyl groups excluding tert-OH is 2. The molecule has 1 saturated carbocycles. The summed E-state index contributed by atoms with van der Waals surface area (Å²) in [5, 5.41) is 41.8. The molecule has 3 aliphatic rings. The standard InChI is InChI=1S/C65H80N4O10/c1-3-5-6-7-8-9-10-11-15-31-61(72)68(45-51-28-22-27-49-25-16-17-29-54(49)51)60-43-58(67-77-46-48-32-34-52(35-33-48)69(74)75)56-41-50(26-18-20-38-70)55(30-19-21-39-71)62-57-42-53(78-64(73)66-44-47-23-13-12-14-24-47)36-37-59(57)79-65(60,63(56)62)76-40-4-2/h4,12-14,16-17,22-25,27-29,32-37,41-42,50,55,60,62-63,70-71H,2-3,5-11,15,18-21,26,30-31,38-40,43-46H2,1H3,(H,66,73). The average molecular weight is 1080 g/mol. The lowest BCUT2D eigenvalue weighted by Crippen LogP contribution is -2.70. The molecule has 420 valence electrons. The number of aliphatic hydroxyl groups is 2. The van der Waals surface area contributed by atoms with Crippen LogP contribution in [-0.2, 0) is 34.1 Å². The Morgan fingerprint density at radius 2 is 1.54 bits per heavy atom. The largest absolute Gasteiger partial charge is 0.459 e. The van der Waals surface area contributed by atoms with E-state index < -0.39 is 28.8 Å². The molecule has 0 saturated heterocycles. The number of carbonyl (C=O) groups is 2. The lowest BCUT2D eigenvalue weighted by atomic mass is 9.55. The number of rotatable bonds is 31. The highest BCUT2D eigenvalue weighted by atomic mass is 16.7. The van der Waals surface area contributed by atoms with Crippen LogP contribution < -0.4 is 14.8 Å². The molecule has 2 amide bonds. The third-order valence-corrected chi connectivity index (χ3v) is 16.1. The summed E-state index contributed by atoms with van der Waals surface area (Å²) in [6.07, 6.45) is 18.0. The molecule has 5 aromatic carbocycles. The Labute approximate surface area is 466 Å². The zero-order chi connectivity index (χ0) is 55.4. The summed E-state index contributed by atoms with van der Waals surface area (Å²) in [6.45, 7) is 7.09. The van der Waals surface area contributed by atoms with E-state index in [0.717, 1.165) is 84.4 Å². The summed E-state index contributed by atoms with van der Waals surface area (Å²) >= 11 is 0. The molecule has 3 N–H and O–H groups in total. The second kappa shape index (κ2) is 29.4. The Morgan fingerprint density at radius 1 is 0.835 bits per heavy atom. The molecule has 8 rings (SSSR count). The van der Waals surface area contributed by atoms with Crippen molar-refractivity contribution in [2.75, 3.05) is 19.8 Å². The summed E-state index contributed by atoms with van der Waals surface area (Å²) in [6, 6.07) is 35.0. The van der Waals surface area contributed by atoms with Gasteiger partial charge in [0.05, 0.1) is 23.2 Å². The predicted octanol–water partition coefficient (Wildman–Crippen LogP) is 13.8. The van der Waals surface area contributed by atoms with Crippen LogP contribution in [-0.4, -0.2) is 69.4 Å². The van der Waals surface area contributed by atoms with Crippen molar-refractivity contribution in [2.45, 2.75) is 154 Å². The number of hydrogen-bond donors (Lipinski definition) is 3. The monoisotopic (exact) mass is 1080 g/mol. The zero-order valence-corrected chi connectivity index (χ0v) is 46.0. The molecule has 0 spiro atoms. The van der Waals surface area contributed by atoms with E-state index >= 15 is 4.79 Å². The number of amides is 2. The number of carbonyl (C=O) groups excluding carboxylic acids is 2. The van der Waals surface area contributed by atoms with E-state index in [4.69, 9.17) is 24.2 Å². The highest BCUT2D eigenvalue weighted by molar-refractivity contribution is 6.03. The number of unbranched alkanes of at least 4 members (excludes halogenated alkanes) is 10. The van der Waals surface area contributed by atoms with Crippen molar-refractivity contribution in [2.24, 2.45) is 22.9 Å². The highest BCUT2D eigenvalue weighted by Gasteiger charge is 2.65. The Kier molecular flexibility index (Phi) is 21.7. The number of nitrogens with zero attached hydrogens (tertiary/aromatic N) is 3. The third-order valence-electron chi connectivity index (χ3n) is 16.1. The second-order valence-electron chi connectivity index (χ2n) is 21.4. The number of nitrogens with one attached hydrogen (secondary N) is 1. The first-order chi connectivity index (χ1) is 38.7. The number of allylic oxidation sites excluding steroid dienone is 1. The molecule has 79 heavy (non-hydrogen) atoms. The first-order valence-electron chi connectivity index (χ1n) is 28.9. The summed E-state index contributed by atoms with van der Waals surface area (Å²) in [5.41, 5.74) is 4.86. The van der Waals surface area contributed by atoms with Crippen LogP contribution in [0.1, 0.15) is 144 Å². The van der Waals surface area contributed by atoms with Gasteiger partial charge < -0.3 is 39.5 Å². The summed E-state index contributed by atoms with van der Waals surface area (Å²) in [5.74, 6) is -1.76. The number of non-ortho nitro benzene ring substituents is 1. The normalized spacial score (nSPS) is 20.6. The van der Waals surface area contributed by atoms with Gasteiger partial charge in [-0.3, -0.25) is 14.9 Å². The molecule has 14 heteroatoms. The first kappa shape index (κ1) is 58.3. The molecule has 1 fully saturated rings. The van der Waals surface area contributed by atoms with Crippen LogP contribution in [0.4, 0.5) is 10.5 Å². The van der Waals surface area contributed by atoms with E-state index in [1.54, 1.807) is 24.3 Å². The van der Waals surface area contributed by atoms with Crippen molar-refractivity contribution < 1.29 is 43.8 Å². The highest BCUT2D eigenvalue weighted by Crippen LogP contribution is 2.62. The summed E-state index contributed by atoms with van der Waals surface area (Å²) in [4.78, 5) is 48.6. The molecular formula is C65H80N4O10. The fourth-order valence-corrected chi connectivity index (χ4v) is 12.2. The smallest absolute Gasteiger partial charge is 0.412 e. The Balaban J connectivity index is 1.27. The van der Waals surface area contributed by atoms with Gasteiger partial charge in [0.15, 0.2) is 0 Å². The first-order valence-corrected chi connectivity index (χ1v) is 28.9. The van der Waals surface area contributed by atoms with Gasteiger partial charge >= 0.3 is 6.09 Å². The minimum Gasteiger partial charge on any atom is -0.459 e. The quantitative estimate of drug-likeness (QED) is 0.0167. The number of ether oxygens (including phenoxy) is 3. The van der Waals surface area contributed by atoms with Gasteiger partial charge in [-0.2, -0.15) is 0 Å². The zero-order valence-electron chi connectivity index (χ0n) is 46.0. The van der Waals surface area contributed by atoms with Crippen molar-refractivity contribution >= 4 is 34.2 Å². The number of fused-ring (bicyclic) bond motifs is 3. The van der Waals surface area contributed by atoms with Crippen LogP contribution in [0.2, 0.25) is 0 Å². The number of oxime groups is 1. The van der Waals surface area contributed by atoms with Gasteiger partial charge in [-0.05, 0) is 107 Å². The van der Waals surface area contributed by atoms with Gasteiger partial charge in [0.25, 0.3) is 5.69 Å². The van der Waals surface area contributed by atoms with Crippen LogP contribution in [0.25, 0.3) is 10.8 Å². The van der Waals surface area contributed by atoms with Gasteiger partial charge in [-0.1, -0.05) is 161 Å². The lowest BCUT2D eigenvalue weighted by molar-refractivity contribution is -0.384. The third kappa shape index (κ3) is 14.9. The SMILES string of the molecule is C=CCOC12Oc3ccc(OC(=O)NCc4ccccc4)cc3C3C(CCCCO)C(CCCCO)C=C(C(=NOCc4ccc([N+](=O)[O-])cc4)CC1N(Cc1cccc4ccccc14)C(=O)CCCCCCCCCCC)C32. The molecule has 0 radical (unpaired) electrons. The Hall–Kier alpha value is -6.87. The molecule has 1 heterocycles. The van der Waals surface area contributed by atoms with Gasteiger partial charge in [0.1, 0.15) is 24.1 Å². The van der Waals surface area contributed by atoms with Gasteiger partial charge in [0.2, 0.25) is 11.7 Å². The van der Waals surface area contributed by atoms with E-state index in [2.05, 4.69) is 49.2 Å². The Bertz CT molecular complexity index is 2850. The molecule has 1 aliphatic heterocycles. The molecule has 6 unspecified atom stereocenters. The van der Waals surface area contributed by atoms with Crippen LogP contribution >= 0.6 is 0 Å². The van der Waals surface area contributed by atoms with Crippen LogP contribution in [0, 0.1) is 27.9 Å². The fraction of sp³-hybridized carbons (Fsp3) is 0.462. The number of nitro benzene ring substituents is 1. The van der Waals surface area contributed by atoms with Crippen LogP contribution in [0.5, 0.6) is 11.5 Å². The minimum atomic E-state index is -1.52. The number of hydrogen-bond acceptors (Lipinski definition) is 11. The summed E-state index contributed by atoms with van der Waals surface area (Å²) in [7, 11) is 0. The molecule has 0 aromatic heterocycles. The average Bonchev–Trinajstić information content (AvgIpc) is 2.99. The predicted molar refractivity (Wildman–Crippen MR) is 308 cm³/mol. The van der Waals surface area contributed by atoms with E-state index in [9.17, 15) is 25.1 Å². The van der Waals surface area contributed by atoms with Crippen molar-refractivity contribution in [1.29, 1.82) is 0 Å². The fourth-order valence-electron chi connectivity index (χ4n) is 12.2. The van der Waals surface area contributed by atoms with Crippen LogP contribution in [0.15, 0.2) is 145 Å². The molecular weight excluding hydrogens is 997 g/mol. The van der Waals surface area contributed by atoms with E-state index in [0.29, 0.717) is 42.0 Å². The molecule has 2 aliphatic carbocycles. The van der Waals surface area contributed by atoms with E-state index in [1.165, 1.54) is 44.2 Å². The molecule has 14 nitrogen and oxygen atoms in total. The van der Waals surface area contributed by atoms with Crippen LogP contribution in [0.3, 0.4) is 0 Å². The summed E-state index contributed by atoms with van der Waals surface area (Å²) < 4.78 is 20.9. The van der Waals surface area contributed by atoms with Crippen molar-refractivity contribution in [3.8, 4) is 11.5 Å². The van der Waals surface area contributed by atoms with Crippen molar-refractivity contribution in [1.82, 2.24) is 10.2 Å². The van der Waals surface area contributed by atoms with E-state index in [-0.39, 0.29) is 75.3 Å². The van der Waals surface area contributed by atoms with Gasteiger partial charge in [-0.15, -0.1) is 6.58 Å². The maximum atomic E-state index is 15.6. The topological polar surface area (TPSA) is 182 Å². The van der Waals surface area contributed by atoms with E-state index in [1.807, 2.05) is 65.6 Å². The maximum absolute atomic E-state index is 15.6.